The van der Waals surface area contributed by atoms with Crippen molar-refractivity contribution in [2.75, 3.05) is 11.8 Å². The highest BCUT2D eigenvalue weighted by Gasteiger charge is 2.25. The van der Waals surface area contributed by atoms with Gasteiger partial charge >= 0.3 is 0 Å². The number of aromatic nitrogens is 1. The lowest BCUT2D eigenvalue weighted by Gasteiger charge is -2.17. The number of anilines is 1. The fourth-order valence-electron chi connectivity index (χ4n) is 2.85. The number of methoxy groups -OCH3 is 1. The minimum atomic E-state index is -3.82. The van der Waals surface area contributed by atoms with Gasteiger partial charge in [0.05, 0.1) is 18.5 Å². The summed E-state index contributed by atoms with van der Waals surface area (Å²) in [6.07, 6.45) is 6.46. The van der Waals surface area contributed by atoms with Gasteiger partial charge in [0.2, 0.25) is 10.0 Å². The molecule has 0 saturated carbocycles. The summed E-state index contributed by atoms with van der Waals surface area (Å²) in [4.78, 5) is 4.27. The molecule has 0 saturated heterocycles. The zero-order valence-electron chi connectivity index (χ0n) is 16.4. The van der Waals surface area contributed by atoms with Gasteiger partial charge < -0.3 is 9.84 Å². The number of phenolic OH excluding ortho intramolecular Hbond substituents is 1. The van der Waals surface area contributed by atoms with E-state index in [0.29, 0.717) is 22.7 Å². The van der Waals surface area contributed by atoms with Gasteiger partial charge in [-0.1, -0.05) is 36.4 Å². The van der Waals surface area contributed by atoms with Crippen molar-refractivity contribution >= 4 is 27.9 Å². The van der Waals surface area contributed by atoms with Crippen LogP contribution in [0.3, 0.4) is 0 Å². The quantitative estimate of drug-likeness (QED) is 0.517. The van der Waals surface area contributed by atoms with Crippen molar-refractivity contribution < 1.29 is 18.3 Å². The molecule has 6 nitrogen and oxygen atoms in total. The Hall–Kier alpha value is -3.58. The molecule has 0 aliphatic rings. The summed E-state index contributed by atoms with van der Waals surface area (Å²) in [5.74, 6) is 0.813. The second kappa shape index (κ2) is 9.28. The van der Waals surface area contributed by atoms with Gasteiger partial charge in [-0.25, -0.2) is 8.42 Å². The largest absolute Gasteiger partial charge is 0.508 e. The number of nitrogens with one attached hydrogen (secondary N) is 1. The monoisotopic (exact) mass is 422 g/mol. The summed E-state index contributed by atoms with van der Waals surface area (Å²) >= 11 is 0. The Morgan fingerprint density at radius 2 is 1.77 bits per heavy atom. The number of aromatic hydroxyl groups is 1. The summed E-state index contributed by atoms with van der Waals surface area (Å²) in [5.41, 5.74) is 2.23. The van der Waals surface area contributed by atoms with Crippen LogP contribution in [0.4, 0.5) is 5.69 Å². The Bertz CT molecular complexity index is 1140. The highest BCUT2D eigenvalue weighted by Crippen LogP contribution is 2.28. The third-order valence-corrected chi connectivity index (χ3v) is 6.05. The predicted molar refractivity (Wildman–Crippen MR) is 120 cm³/mol. The molecule has 1 unspecified atom stereocenters. The van der Waals surface area contributed by atoms with Crippen LogP contribution in [0.5, 0.6) is 11.5 Å². The second-order valence-electron chi connectivity index (χ2n) is 6.44. The third-order valence-electron chi connectivity index (χ3n) is 4.41. The molecule has 30 heavy (non-hydrogen) atoms. The Morgan fingerprint density at radius 1 is 1.07 bits per heavy atom. The number of ether oxygens (including phenoxy) is 1. The van der Waals surface area contributed by atoms with Crippen molar-refractivity contribution in [3.05, 3.63) is 96.3 Å². The van der Waals surface area contributed by atoms with E-state index in [4.69, 9.17) is 4.74 Å². The fraction of sp³-hybridized carbons (Fsp3) is 0.0870. The smallest absolute Gasteiger partial charge is 0.243 e. The highest BCUT2D eigenvalue weighted by molar-refractivity contribution is 7.93. The van der Waals surface area contributed by atoms with Crippen LogP contribution in [0.15, 0.2) is 79.5 Å². The first-order valence-electron chi connectivity index (χ1n) is 9.13. The first-order chi connectivity index (χ1) is 14.4. The van der Waals surface area contributed by atoms with Crippen LogP contribution >= 0.6 is 0 Å². The van der Waals surface area contributed by atoms with E-state index in [1.54, 1.807) is 86.1 Å². The number of phenols is 1. The Morgan fingerprint density at radius 3 is 2.40 bits per heavy atom. The Kier molecular flexibility index (Phi) is 6.54. The van der Waals surface area contributed by atoms with Gasteiger partial charge in [0.1, 0.15) is 16.7 Å². The van der Waals surface area contributed by atoms with Gasteiger partial charge in [-0.15, -0.1) is 6.58 Å². The first kappa shape index (κ1) is 21.1. The van der Waals surface area contributed by atoms with E-state index in [1.165, 1.54) is 6.08 Å². The molecular formula is C23H22N2O4S. The van der Waals surface area contributed by atoms with Crippen LogP contribution in [0, 0.1) is 0 Å². The number of sulfonamides is 1. The van der Waals surface area contributed by atoms with Gasteiger partial charge in [0, 0.05) is 6.20 Å². The molecule has 1 aromatic heterocycles. The molecular weight excluding hydrogens is 400 g/mol. The van der Waals surface area contributed by atoms with Crippen molar-refractivity contribution in [1.82, 2.24) is 4.98 Å². The van der Waals surface area contributed by atoms with Crippen molar-refractivity contribution in [3.63, 3.8) is 0 Å². The molecule has 0 amide bonds. The van der Waals surface area contributed by atoms with Crippen molar-refractivity contribution in [2.45, 2.75) is 5.25 Å². The average Bonchev–Trinajstić information content (AvgIpc) is 2.75. The van der Waals surface area contributed by atoms with E-state index >= 15 is 0 Å². The SMILES string of the molecule is C=CC(c1ccc(OC)cc1)S(=O)(=O)Nc1cccnc1C=Cc1ccc(O)cc1. The van der Waals surface area contributed by atoms with Gasteiger partial charge in [0.15, 0.2) is 0 Å². The number of pyridine rings is 1. The van der Waals surface area contributed by atoms with Gasteiger partial charge in [-0.2, -0.15) is 0 Å². The van der Waals surface area contributed by atoms with Gasteiger partial charge in [-0.3, -0.25) is 9.71 Å². The second-order valence-corrected chi connectivity index (χ2v) is 8.24. The van der Waals surface area contributed by atoms with Crippen molar-refractivity contribution in [2.24, 2.45) is 0 Å². The van der Waals surface area contributed by atoms with Crippen LogP contribution in [0.1, 0.15) is 22.1 Å². The number of hydrogen-bond acceptors (Lipinski definition) is 5. The molecule has 154 valence electrons. The molecule has 7 heteroatoms. The molecule has 3 aromatic rings. The van der Waals surface area contributed by atoms with Crippen molar-refractivity contribution in [1.29, 1.82) is 0 Å². The predicted octanol–water partition coefficient (Wildman–Crippen LogP) is 4.64. The summed E-state index contributed by atoms with van der Waals surface area (Å²) in [7, 11) is -2.28. The van der Waals surface area contributed by atoms with E-state index in [1.807, 2.05) is 0 Å². The normalized spacial score (nSPS) is 12.4. The standard InChI is InChI=1S/C23H22N2O4S/c1-3-23(18-9-13-20(29-2)14-10-18)30(27,28)25-22-5-4-16-24-21(22)15-8-17-6-11-19(26)12-7-17/h3-16,23,25-26H,1H2,2H3. The van der Waals surface area contributed by atoms with Crippen LogP contribution in [-0.4, -0.2) is 25.6 Å². The van der Waals surface area contributed by atoms with E-state index in [9.17, 15) is 13.5 Å². The summed E-state index contributed by atoms with van der Waals surface area (Å²) < 4.78 is 33.9. The Labute approximate surface area is 176 Å². The van der Waals surface area contributed by atoms with Crippen molar-refractivity contribution in [3.8, 4) is 11.5 Å². The number of benzene rings is 2. The number of rotatable bonds is 8. The van der Waals surface area contributed by atoms with E-state index < -0.39 is 15.3 Å². The third kappa shape index (κ3) is 5.07. The topological polar surface area (TPSA) is 88.5 Å². The lowest BCUT2D eigenvalue weighted by Crippen LogP contribution is -2.20. The lowest BCUT2D eigenvalue weighted by molar-refractivity contribution is 0.414. The molecule has 0 radical (unpaired) electrons. The molecule has 3 rings (SSSR count). The summed E-state index contributed by atoms with van der Waals surface area (Å²) in [5, 5.41) is 8.44. The molecule has 2 N–H and O–H groups in total. The molecule has 1 atom stereocenters. The number of hydrogen-bond donors (Lipinski definition) is 2. The minimum Gasteiger partial charge on any atom is -0.508 e. The molecule has 0 bridgehead atoms. The van der Waals surface area contributed by atoms with Gasteiger partial charge in [-0.05, 0) is 53.6 Å². The summed E-state index contributed by atoms with van der Waals surface area (Å²) in [6.45, 7) is 3.69. The molecule has 0 fully saturated rings. The molecule has 2 aromatic carbocycles. The molecule has 0 spiro atoms. The molecule has 0 aliphatic carbocycles. The lowest BCUT2D eigenvalue weighted by atomic mass is 10.1. The zero-order valence-corrected chi connectivity index (χ0v) is 17.2. The zero-order chi connectivity index (χ0) is 21.6. The van der Waals surface area contributed by atoms with E-state index in [2.05, 4.69) is 16.3 Å². The molecule has 1 heterocycles. The van der Waals surface area contributed by atoms with Crippen LogP contribution in [0.25, 0.3) is 12.2 Å². The van der Waals surface area contributed by atoms with Crippen LogP contribution in [0.2, 0.25) is 0 Å². The van der Waals surface area contributed by atoms with Crippen LogP contribution < -0.4 is 9.46 Å². The van der Waals surface area contributed by atoms with Crippen LogP contribution in [-0.2, 0) is 10.0 Å². The maximum Gasteiger partial charge on any atom is 0.243 e. The minimum absolute atomic E-state index is 0.174. The number of nitrogens with zero attached hydrogens (tertiary/aromatic N) is 1. The van der Waals surface area contributed by atoms with Gasteiger partial charge in [0.25, 0.3) is 0 Å². The molecule has 0 aliphatic heterocycles. The maximum absolute atomic E-state index is 13.1. The summed E-state index contributed by atoms with van der Waals surface area (Å²) in [6, 6.07) is 16.7. The maximum atomic E-state index is 13.1. The highest BCUT2D eigenvalue weighted by atomic mass is 32.2. The Balaban J connectivity index is 1.86. The first-order valence-corrected chi connectivity index (χ1v) is 10.7. The average molecular weight is 423 g/mol. The fourth-order valence-corrected chi connectivity index (χ4v) is 4.22. The van der Waals surface area contributed by atoms with E-state index in [-0.39, 0.29) is 5.75 Å². The van der Waals surface area contributed by atoms with E-state index in [0.717, 1.165) is 5.56 Å².